The van der Waals surface area contributed by atoms with Crippen LogP contribution in [0.1, 0.15) is 42.4 Å². The minimum absolute atomic E-state index is 0.272. The minimum atomic E-state index is -0.683. The van der Waals surface area contributed by atoms with E-state index in [-0.39, 0.29) is 5.92 Å². The third-order valence-electron chi connectivity index (χ3n) is 4.00. The molecule has 0 spiro atoms. The Balaban J connectivity index is 1.98. The van der Waals surface area contributed by atoms with Crippen LogP contribution in [0.3, 0.4) is 0 Å². The Kier molecular flexibility index (Phi) is 4.97. The summed E-state index contributed by atoms with van der Waals surface area (Å²) >= 11 is 0. The molecule has 1 aromatic rings. The summed E-state index contributed by atoms with van der Waals surface area (Å²) in [5, 5.41) is 9.30. The van der Waals surface area contributed by atoms with Crippen LogP contribution in [0.5, 0.6) is 0 Å². The maximum atomic E-state index is 11.3. The molecule has 3 nitrogen and oxygen atoms in total. The van der Waals surface area contributed by atoms with Gasteiger partial charge in [-0.05, 0) is 61.8 Å². The van der Waals surface area contributed by atoms with E-state index < -0.39 is 5.97 Å². The van der Waals surface area contributed by atoms with Gasteiger partial charge in [-0.25, -0.2) is 0 Å². The van der Waals surface area contributed by atoms with Crippen LogP contribution in [0.15, 0.2) is 18.2 Å². The fourth-order valence-corrected chi connectivity index (χ4v) is 2.88. The zero-order valence-electron chi connectivity index (χ0n) is 11.4. The highest BCUT2D eigenvalue weighted by Gasteiger charge is 2.19. The van der Waals surface area contributed by atoms with E-state index >= 15 is 0 Å². The number of carbonyl (C=O) groups is 1. The average Bonchev–Trinajstić information content (AvgIpc) is 2.85. The molecule has 3 N–H and O–H groups in total. The second-order valence-electron chi connectivity index (χ2n) is 5.48. The molecule has 0 amide bonds. The van der Waals surface area contributed by atoms with Crippen molar-refractivity contribution in [1.82, 2.24) is 0 Å². The van der Waals surface area contributed by atoms with Gasteiger partial charge >= 0.3 is 5.97 Å². The van der Waals surface area contributed by atoms with Crippen LogP contribution in [0, 0.1) is 5.92 Å². The molecule has 19 heavy (non-hydrogen) atoms. The first-order chi connectivity index (χ1) is 9.20. The molecule has 2 rings (SSSR count). The number of rotatable bonds is 7. The molecule has 3 heteroatoms. The molecule has 1 atom stereocenters. The van der Waals surface area contributed by atoms with Crippen LogP contribution in [-0.2, 0) is 24.1 Å². The van der Waals surface area contributed by atoms with E-state index in [2.05, 4.69) is 18.2 Å². The lowest BCUT2D eigenvalue weighted by molar-refractivity contribution is -0.142. The van der Waals surface area contributed by atoms with Gasteiger partial charge in [0.2, 0.25) is 0 Å². The first kappa shape index (κ1) is 14.1. The summed E-state index contributed by atoms with van der Waals surface area (Å²) in [5.74, 6) is -0.955. The van der Waals surface area contributed by atoms with E-state index in [9.17, 15) is 9.90 Å². The Morgan fingerprint density at radius 3 is 2.79 bits per heavy atom. The molecule has 0 aliphatic heterocycles. The number of fused-ring (bicyclic) bond motifs is 1. The number of carboxylic acid groups (broad SMARTS) is 1. The molecule has 104 valence electrons. The van der Waals surface area contributed by atoms with Crippen molar-refractivity contribution in [3.63, 3.8) is 0 Å². The summed E-state index contributed by atoms with van der Waals surface area (Å²) < 4.78 is 0. The second-order valence-corrected chi connectivity index (χ2v) is 5.48. The van der Waals surface area contributed by atoms with E-state index in [0.717, 1.165) is 25.7 Å². The van der Waals surface area contributed by atoms with Gasteiger partial charge in [0.05, 0.1) is 5.92 Å². The van der Waals surface area contributed by atoms with Crippen LogP contribution in [0.25, 0.3) is 0 Å². The van der Waals surface area contributed by atoms with Gasteiger partial charge in [0, 0.05) is 0 Å². The van der Waals surface area contributed by atoms with E-state index in [0.29, 0.717) is 13.0 Å². The highest BCUT2D eigenvalue weighted by Crippen LogP contribution is 2.25. The van der Waals surface area contributed by atoms with Crippen LogP contribution in [0.2, 0.25) is 0 Å². The van der Waals surface area contributed by atoms with Gasteiger partial charge < -0.3 is 10.8 Å². The third kappa shape index (κ3) is 3.80. The van der Waals surface area contributed by atoms with Gasteiger partial charge in [0.25, 0.3) is 0 Å². The number of benzene rings is 1. The summed E-state index contributed by atoms with van der Waals surface area (Å²) in [7, 11) is 0. The normalized spacial score (nSPS) is 15.2. The van der Waals surface area contributed by atoms with Gasteiger partial charge in [-0.2, -0.15) is 0 Å². The highest BCUT2D eigenvalue weighted by molar-refractivity contribution is 5.70. The van der Waals surface area contributed by atoms with E-state index in [1.807, 2.05) is 0 Å². The first-order valence-corrected chi connectivity index (χ1v) is 7.24. The number of hydrogen-bond donors (Lipinski definition) is 2. The maximum Gasteiger partial charge on any atom is 0.306 e. The van der Waals surface area contributed by atoms with Gasteiger partial charge in [-0.15, -0.1) is 0 Å². The zero-order chi connectivity index (χ0) is 13.7. The molecule has 0 heterocycles. The Hall–Kier alpha value is -1.35. The Bertz CT molecular complexity index is 442. The Morgan fingerprint density at radius 1 is 1.26 bits per heavy atom. The number of aliphatic carboxylic acids is 1. The summed E-state index contributed by atoms with van der Waals surface area (Å²) in [4.78, 5) is 11.3. The number of nitrogens with two attached hydrogens (primary N) is 1. The highest BCUT2D eigenvalue weighted by atomic mass is 16.4. The predicted molar refractivity (Wildman–Crippen MR) is 76.2 cm³/mol. The molecule has 1 aliphatic carbocycles. The van der Waals surface area contributed by atoms with Crippen molar-refractivity contribution in [3.05, 3.63) is 34.9 Å². The number of aryl methyl sites for hydroxylation is 2. The lowest BCUT2D eigenvalue weighted by Crippen LogP contribution is -2.17. The topological polar surface area (TPSA) is 63.3 Å². The Labute approximate surface area is 114 Å². The van der Waals surface area contributed by atoms with Crippen LogP contribution >= 0.6 is 0 Å². The number of carboxylic acids is 1. The van der Waals surface area contributed by atoms with Crippen molar-refractivity contribution in [1.29, 1.82) is 0 Å². The van der Waals surface area contributed by atoms with Crippen molar-refractivity contribution in [2.45, 2.75) is 44.9 Å². The molecule has 1 aliphatic rings. The lowest BCUT2D eigenvalue weighted by Gasteiger charge is -2.13. The summed E-state index contributed by atoms with van der Waals surface area (Å²) in [6.45, 7) is 0.644. The molecule has 0 fully saturated rings. The quantitative estimate of drug-likeness (QED) is 0.741. The van der Waals surface area contributed by atoms with Crippen molar-refractivity contribution in [3.8, 4) is 0 Å². The smallest absolute Gasteiger partial charge is 0.306 e. The molecular weight excluding hydrogens is 238 g/mol. The fraction of sp³-hybridized carbons (Fsp3) is 0.562. The summed E-state index contributed by atoms with van der Waals surface area (Å²) in [5.41, 5.74) is 9.49. The fourth-order valence-electron chi connectivity index (χ4n) is 2.88. The van der Waals surface area contributed by atoms with Gasteiger partial charge in [-0.1, -0.05) is 24.6 Å². The van der Waals surface area contributed by atoms with E-state index in [1.165, 1.54) is 29.5 Å². The van der Waals surface area contributed by atoms with Crippen molar-refractivity contribution < 1.29 is 9.90 Å². The van der Waals surface area contributed by atoms with Gasteiger partial charge in [-0.3, -0.25) is 4.79 Å². The molecule has 0 saturated heterocycles. The van der Waals surface area contributed by atoms with E-state index in [4.69, 9.17) is 5.73 Å². The SMILES string of the molecule is NCCCCC(Cc1ccc2c(c1)CCC2)C(=O)O. The first-order valence-electron chi connectivity index (χ1n) is 7.24. The molecule has 1 aromatic carbocycles. The van der Waals surface area contributed by atoms with Gasteiger partial charge in [0.15, 0.2) is 0 Å². The largest absolute Gasteiger partial charge is 0.481 e. The lowest BCUT2D eigenvalue weighted by atomic mass is 9.92. The van der Waals surface area contributed by atoms with Crippen LogP contribution in [-0.4, -0.2) is 17.6 Å². The van der Waals surface area contributed by atoms with Crippen molar-refractivity contribution in [2.75, 3.05) is 6.54 Å². The number of unbranched alkanes of at least 4 members (excludes halogenated alkanes) is 1. The predicted octanol–water partition coefficient (Wildman–Crippen LogP) is 2.55. The maximum absolute atomic E-state index is 11.3. The molecule has 0 radical (unpaired) electrons. The van der Waals surface area contributed by atoms with Gasteiger partial charge in [0.1, 0.15) is 0 Å². The molecule has 1 unspecified atom stereocenters. The van der Waals surface area contributed by atoms with Crippen molar-refractivity contribution in [2.24, 2.45) is 11.7 Å². The van der Waals surface area contributed by atoms with Crippen LogP contribution in [0.4, 0.5) is 0 Å². The monoisotopic (exact) mass is 261 g/mol. The van der Waals surface area contributed by atoms with E-state index in [1.54, 1.807) is 0 Å². The number of hydrogen-bond acceptors (Lipinski definition) is 2. The summed E-state index contributed by atoms with van der Waals surface area (Å²) in [6.07, 6.45) is 6.74. The molecule has 0 aromatic heterocycles. The molecule has 0 bridgehead atoms. The van der Waals surface area contributed by atoms with Crippen LogP contribution < -0.4 is 5.73 Å². The third-order valence-corrected chi connectivity index (χ3v) is 4.00. The average molecular weight is 261 g/mol. The van der Waals surface area contributed by atoms with Crippen molar-refractivity contribution >= 4 is 5.97 Å². The minimum Gasteiger partial charge on any atom is -0.481 e. The zero-order valence-corrected chi connectivity index (χ0v) is 11.4. The second kappa shape index (κ2) is 6.71. The summed E-state index contributed by atoms with van der Waals surface area (Å²) in [6, 6.07) is 6.49. The standard InChI is InChI=1S/C16H23NO2/c17-9-2-1-4-15(16(18)19)11-12-7-8-13-5-3-6-14(13)10-12/h7-8,10,15H,1-6,9,11,17H2,(H,18,19). The Morgan fingerprint density at radius 2 is 2.05 bits per heavy atom. The molecular formula is C16H23NO2. The molecule has 0 saturated carbocycles.